The monoisotopic (exact) mass is 250 g/mol. The molecular formula is C14H18O2S. The number of aryl methyl sites for hydroxylation is 1. The van der Waals surface area contributed by atoms with Gasteiger partial charge in [0.25, 0.3) is 0 Å². The predicted octanol–water partition coefficient (Wildman–Crippen LogP) is 2.72. The van der Waals surface area contributed by atoms with Crippen LogP contribution in [0.15, 0.2) is 18.2 Å². The molecule has 0 saturated carbocycles. The molecule has 2 atom stereocenters. The van der Waals surface area contributed by atoms with Crippen molar-refractivity contribution in [1.82, 2.24) is 0 Å². The molecule has 2 unspecified atom stereocenters. The van der Waals surface area contributed by atoms with Crippen molar-refractivity contribution in [3.8, 4) is 5.75 Å². The van der Waals surface area contributed by atoms with Crippen LogP contribution in [-0.4, -0.2) is 22.7 Å². The Labute approximate surface area is 106 Å². The van der Waals surface area contributed by atoms with Crippen LogP contribution < -0.4 is 4.74 Å². The maximum absolute atomic E-state index is 10.9. The van der Waals surface area contributed by atoms with Crippen molar-refractivity contribution < 1.29 is 9.84 Å². The molecule has 2 aliphatic rings. The highest BCUT2D eigenvalue weighted by Gasteiger charge is 2.43. The first-order valence-corrected chi connectivity index (χ1v) is 7.36. The van der Waals surface area contributed by atoms with Gasteiger partial charge in [0.1, 0.15) is 11.4 Å². The van der Waals surface area contributed by atoms with Gasteiger partial charge in [-0.3, -0.25) is 0 Å². The van der Waals surface area contributed by atoms with E-state index in [1.54, 1.807) is 0 Å². The Morgan fingerprint density at radius 3 is 3.12 bits per heavy atom. The molecule has 1 aromatic rings. The smallest absolute Gasteiger partial charge is 0.128 e. The number of aliphatic hydroxyl groups is 1. The highest BCUT2D eigenvalue weighted by molar-refractivity contribution is 8.00. The van der Waals surface area contributed by atoms with Gasteiger partial charge in [-0.2, -0.15) is 11.8 Å². The Hall–Kier alpha value is -0.670. The van der Waals surface area contributed by atoms with Crippen molar-refractivity contribution in [2.45, 2.75) is 37.0 Å². The summed E-state index contributed by atoms with van der Waals surface area (Å²) in [5, 5.41) is 11.1. The van der Waals surface area contributed by atoms with E-state index in [9.17, 15) is 5.11 Å². The summed E-state index contributed by atoms with van der Waals surface area (Å²) < 4.78 is 5.81. The SMILES string of the molecule is CC1SCCC1(O)c1cccc2c1OCCC2. The van der Waals surface area contributed by atoms with E-state index in [1.807, 2.05) is 17.8 Å². The second kappa shape index (κ2) is 4.21. The van der Waals surface area contributed by atoms with Crippen LogP contribution in [-0.2, 0) is 12.0 Å². The van der Waals surface area contributed by atoms with Crippen molar-refractivity contribution in [3.05, 3.63) is 29.3 Å². The first kappa shape index (κ1) is 11.4. The fourth-order valence-corrected chi connectivity index (χ4v) is 4.12. The lowest BCUT2D eigenvalue weighted by Gasteiger charge is -2.31. The maximum Gasteiger partial charge on any atom is 0.128 e. The summed E-state index contributed by atoms with van der Waals surface area (Å²) >= 11 is 1.84. The number of thioether (sulfide) groups is 1. The van der Waals surface area contributed by atoms with Gasteiger partial charge >= 0.3 is 0 Å². The molecule has 92 valence electrons. The zero-order valence-electron chi connectivity index (χ0n) is 10.1. The number of hydrogen-bond acceptors (Lipinski definition) is 3. The number of ether oxygens (including phenoxy) is 1. The predicted molar refractivity (Wildman–Crippen MR) is 70.7 cm³/mol. The summed E-state index contributed by atoms with van der Waals surface area (Å²) in [6.07, 6.45) is 2.98. The Kier molecular flexibility index (Phi) is 2.83. The second-order valence-corrected chi connectivity index (χ2v) is 6.38. The standard InChI is InChI=1S/C14H18O2S/c1-10-14(15,7-9-17-10)12-6-2-4-11-5-3-8-16-13(11)12/h2,4,6,10,15H,3,5,7-9H2,1H3. The third kappa shape index (κ3) is 1.76. The molecule has 1 saturated heterocycles. The van der Waals surface area contributed by atoms with E-state index in [4.69, 9.17) is 4.74 Å². The highest BCUT2D eigenvalue weighted by Crippen LogP contribution is 2.47. The summed E-state index contributed by atoms with van der Waals surface area (Å²) in [6.45, 7) is 2.89. The van der Waals surface area contributed by atoms with Crippen molar-refractivity contribution in [1.29, 1.82) is 0 Å². The summed E-state index contributed by atoms with van der Waals surface area (Å²) in [4.78, 5) is 0. The molecule has 1 aromatic carbocycles. The lowest BCUT2D eigenvalue weighted by molar-refractivity contribution is 0.0389. The first-order valence-electron chi connectivity index (χ1n) is 6.31. The van der Waals surface area contributed by atoms with Crippen molar-refractivity contribution >= 4 is 11.8 Å². The molecule has 0 bridgehead atoms. The van der Waals surface area contributed by atoms with Crippen LogP contribution in [0.3, 0.4) is 0 Å². The molecule has 2 nitrogen and oxygen atoms in total. The lowest BCUT2D eigenvalue weighted by atomic mass is 9.85. The molecule has 3 heteroatoms. The molecule has 0 radical (unpaired) electrons. The quantitative estimate of drug-likeness (QED) is 0.831. The van der Waals surface area contributed by atoms with Crippen molar-refractivity contribution in [3.63, 3.8) is 0 Å². The zero-order valence-corrected chi connectivity index (χ0v) is 10.9. The van der Waals surface area contributed by atoms with Gasteiger partial charge in [0.15, 0.2) is 0 Å². The van der Waals surface area contributed by atoms with Crippen LogP contribution in [0.25, 0.3) is 0 Å². The molecule has 0 aliphatic carbocycles. The second-order valence-electron chi connectivity index (χ2n) is 4.93. The summed E-state index contributed by atoms with van der Waals surface area (Å²) in [5.41, 5.74) is 1.56. The summed E-state index contributed by atoms with van der Waals surface area (Å²) in [5.74, 6) is 1.98. The third-order valence-electron chi connectivity index (χ3n) is 3.92. The van der Waals surface area contributed by atoms with E-state index in [0.717, 1.165) is 42.9 Å². The molecule has 0 amide bonds. The van der Waals surface area contributed by atoms with E-state index in [2.05, 4.69) is 19.1 Å². The average molecular weight is 250 g/mol. The minimum Gasteiger partial charge on any atom is -0.493 e. The average Bonchev–Trinajstić information content (AvgIpc) is 2.70. The van der Waals surface area contributed by atoms with Gasteiger partial charge in [0, 0.05) is 10.8 Å². The molecule has 1 N–H and O–H groups in total. The Balaban J connectivity index is 2.08. The van der Waals surface area contributed by atoms with Gasteiger partial charge in [0.2, 0.25) is 0 Å². The topological polar surface area (TPSA) is 29.5 Å². The van der Waals surface area contributed by atoms with Gasteiger partial charge in [0.05, 0.1) is 6.61 Å². The molecule has 0 spiro atoms. The third-order valence-corrected chi connectivity index (χ3v) is 5.25. The Morgan fingerprint density at radius 2 is 2.35 bits per heavy atom. The molecule has 2 aliphatic heterocycles. The normalized spacial score (nSPS) is 32.0. The van der Waals surface area contributed by atoms with Crippen LogP contribution in [0.2, 0.25) is 0 Å². The van der Waals surface area contributed by atoms with Gasteiger partial charge < -0.3 is 9.84 Å². The largest absolute Gasteiger partial charge is 0.493 e. The van der Waals surface area contributed by atoms with Gasteiger partial charge in [-0.25, -0.2) is 0 Å². The van der Waals surface area contributed by atoms with E-state index in [0.29, 0.717) is 0 Å². The van der Waals surface area contributed by atoms with Crippen molar-refractivity contribution in [2.75, 3.05) is 12.4 Å². The van der Waals surface area contributed by atoms with Crippen molar-refractivity contribution in [2.24, 2.45) is 0 Å². The van der Waals surface area contributed by atoms with E-state index < -0.39 is 5.60 Å². The van der Waals surface area contributed by atoms with E-state index in [1.165, 1.54) is 5.56 Å². The maximum atomic E-state index is 10.9. The van der Waals surface area contributed by atoms with Crippen LogP contribution in [0.5, 0.6) is 5.75 Å². The van der Waals surface area contributed by atoms with Gasteiger partial charge in [-0.05, 0) is 30.6 Å². The van der Waals surface area contributed by atoms with Crippen LogP contribution >= 0.6 is 11.8 Å². The minimum atomic E-state index is -0.701. The fourth-order valence-electron chi connectivity index (χ4n) is 2.82. The number of benzene rings is 1. The molecule has 1 fully saturated rings. The Bertz CT molecular complexity index is 432. The van der Waals surface area contributed by atoms with Gasteiger partial charge in [-0.15, -0.1) is 0 Å². The van der Waals surface area contributed by atoms with Crippen LogP contribution in [0.1, 0.15) is 30.9 Å². The zero-order chi connectivity index (χ0) is 11.9. The lowest BCUT2D eigenvalue weighted by Crippen LogP contribution is -2.32. The van der Waals surface area contributed by atoms with E-state index >= 15 is 0 Å². The molecular weight excluding hydrogens is 232 g/mol. The highest BCUT2D eigenvalue weighted by atomic mass is 32.2. The molecule has 3 rings (SSSR count). The van der Waals surface area contributed by atoms with Crippen LogP contribution in [0, 0.1) is 0 Å². The number of hydrogen-bond donors (Lipinski definition) is 1. The summed E-state index contributed by atoms with van der Waals surface area (Å²) in [7, 11) is 0. The van der Waals surface area contributed by atoms with Gasteiger partial charge in [-0.1, -0.05) is 25.1 Å². The molecule has 0 aromatic heterocycles. The number of para-hydroxylation sites is 1. The molecule has 17 heavy (non-hydrogen) atoms. The van der Waals surface area contributed by atoms with Crippen LogP contribution in [0.4, 0.5) is 0 Å². The minimum absolute atomic E-state index is 0.250. The molecule has 2 heterocycles. The number of fused-ring (bicyclic) bond motifs is 1. The van der Waals surface area contributed by atoms with E-state index in [-0.39, 0.29) is 5.25 Å². The fraction of sp³-hybridized carbons (Fsp3) is 0.571. The summed E-state index contributed by atoms with van der Waals surface area (Å²) in [6, 6.07) is 6.21. The Morgan fingerprint density at radius 1 is 1.47 bits per heavy atom. The number of rotatable bonds is 1. The first-order chi connectivity index (χ1) is 8.22.